The van der Waals surface area contributed by atoms with E-state index in [1.165, 1.54) is 44.0 Å². The summed E-state index contributed by atoms with van der Waals surface area (Å²) in [6, 6.07) is 8.26. The Morgan fingerprint density at radius 1 is 1.17 bits per heavy atom. The zero-order valence-corrected chi connectivity index (χ0v) is 14.9. The average molecular weight is 326 g/mol. The molecule has 3 nitrogen and oxygen atoms in total. The number of hydrogen-bond acceptors (Lipinski definition) is 1. The molecule has 0 bridgehead atoms. The molecule has 1 fully saturated rings. The molecule has 0 spiro atoms. The first-order valence-corrected chi connectivity index (χ1v) is 9.65. The van der Waals surface area contributed by atoms with E-state index in [0.29, 0.717) is 5.92 Å². The van der Waals surface area contributed by atoms with Crippen molar-refractivity contribution in [2.24, 2.45) is 5.92 Å². The Balaban J connectivity index is 1.71. The summed E-state index contributed by atoms with van der Waals surface area (Å²) < 4.78 is 2.24. The normalized spacial score (nSPS) is 16.2. The highest BCUT2D eigenvalue weighted by Crippen LogP contribution is 2.24. The van der Waals surface area contributed by atoms with Crippen LogP contribution in [0.2, 0.25) is 0 Å². The summed E-state index contributed by atoms with van der Waals surface area (Å²) >= 11 is 0. The molecule has 1 aliphatic carbocycles. The Hall–Kier alpha value is -1.77. The van der Waals surface area contributed by atoms with Gasteiger partial charge in [0, 0.05) is 30.2 Å². The molecule has 1 amide bonds. The van der Waals surface area contributed by atoms with Gasteiger partial charge in [-0.15, -0.1) is 0 Å². The molecular formula is C21H30N2O. The fourth-order valence-electron chi connectivity index (χ4n) is 3.84. The molecule has 1 aromatic heterocycles. The van der Waals surface area contributed by atoms with Crippen molar-refractivity contribution in [2.45, 2.75) is 64.8 Å². The Morgan fingerprint density at radius 2 is 1.92 bits per heavy atom. The summed E-state index contributed by atoms with van der Waals surface area (Å²) in [5.41, 5.74) is 2.00. The van der Waals surface area contributed by atoms with Crippen LogP contribution in [-0.4, -0.2) is 17.0 Å². The third-order valence-corrected chi connectivity index (χ3v) is 5.31. The Kier molecular flexibility index (Phi) is 5.95. The highest BCUT2D eigenvalue weighted by molar-refractivity contribution is 6.07. The fraction of sp³-hybridized carbons (Fsp3) is 0.571. The molecule has 2 aromatic rings. The van der Waals surface area contributed by atoms with Crippen LogP contribution in [0, 0.1) is 5.92 Å². The molecule has 1 aliphatic rings. The zero-order valence-electron chi connectivity index (χ0n) is 14.9. The molecule has 0 radical (unpaired) electrons. The second-order valence-corrected chi connectivity index (χ2v) is 7.17. The molecule has 3 rings (SSSR count). The van der Waals surface area contributed by atoms with Crippen LogP contribution in [0.1, 0.15) is 68.6 Å². The lowest BCUT2D eigenvalue weighted by molar-refractivity contribution is 0.0947. The number of nitrogens with zero attached hydrogens (tertiary/aromatic N) is 1. The Morgan fingerprint density at radius 3 is 2.67 bits per heavy atom. The molecule has 3 heteroatoms. The number of para-hydroxylation sites is 1. The molecule has 0 unspecified atom stereocenters. The van der Waals surface area contributed by atoms with Crippen molar-refractivity contribution in [3.63, 3.8) is 0 Å². The molecule has 24 heavy (non-hydrogen) atoms. The van der Waals surface area contributed by atoms with Gasteiger partial charge in [0.2, 0.25) is 0 Å². The first kappa shape index (κ1) is 17.1. The smallest absolute Gasteiger partial charge is 0.253 e. The van der Waals surface area contributed by atoms with Gasteiger partial charge in [-0.05, 0) is 31.2 Å². The van der Waals surface area contributed by atoms with Crippen molar-refractivity contribution in [1.82, 2.24) is 9.88 Å². The number of aryl methyl sites for hydroxylation is 1. The first-order valence-electron chi connectivity index (χ1n) is 9.65. The van der Waals surface area contributed by atoms with Gasteiger partial charge in [0.05, 0.1) is 5.56 Å². The van der Waals surface area contributed by atoms with E-state index in [-0.39, 0.29) is 5.91 Å². The number of rotatable bonds is 6. The molecule has 1 heterocycles. The number of benzene rings is 1. The first-order chi connectivity index (χ1) is 11.8. The van der Waals surface area contributed by atoms with Crippen LogP contribution in [0.5, 0.6) is 0 Å². The lowest BCUT2D eigenvalue weighted by Gasteiger charge is -2.14. The molecule has 0 saturated heterocycles. The molecular weight excluding hydrogens is 296 g/mol. The van der Waals surface area contributed by atoms with Gasteiger partial charge < -0.3 is 9.88 Å². The highest BCUT2D eigenvalue weighted by Gasteiger charge is 2.17. The van der Waals surface area contributed by atoms with Crippen LogP contribution in [-0.2, 0) is 6.54 Å². The Labute approximate surface area is 145 Å². The van der Waals surface area contributed by atoms with Gasteiger partial charge in [-0.25, -0.2) is 0 Å². The largest absolute Gasteiger partial charge is 0.352 e. The highest BCUT2D eigenvalue weighted by atomic mass is 16.1. The van der Waals surface area contributed by atoms with Gasteiger partial charge in [0.15, 0.2) is 0 Å². The minimum atomic E-state index is 0.0886. The lowest BCUT2D eigenvalue weighted by Crippen LogP contribution is -2.29. The summed E-state index contributed by atoms with van der Waals surface area (Å²) in [7, 11) is 0. The van der Waals surface area contributed by atoms with Crippen molar-refractivity contribution in [3.8, 4) is 0 Å². The maximum absolute atomic E-state index is 12.7. The monoisotopic (exact) mass is 326 g/mol. The molecule has 1 saturated carbocycles. The van der Waals surface area contributed by atoms with Crippen molar-refractivity contribution in [1.29, 1.82) is 0 Å². The van der Waals surface area contributed by atoms with Crippen LogP contribution in [0.3, 0.4) is 0 Å². The van der Waals surface area contributed by atoms with Crippen molar-refractivity contribution < 1.29 is 4.79 Å². The van der Waals surface area contributed by atoms with E-state index in [4.69, 9.17) is 0 Å². The number of hydrogen-bond donors (Lipinski definition) is 1. The van der Waals surface area contributed by atoms with Crippen molar-refractivity contribution in [3.05, 3.63) is 36.0 Å². The van der Waals surface area contributed by atoms with Crippen LogP contribution in [0.15, 0.2) is 30.5 Å². The summed E-state index contributed by atoms with van der Waals surface area (Å²) in [6.45, 7) is 4.01. The average Bonchev–Trinajstić information content (AvgIpc) is 2.79. The second kappa shape index (κ2) is 8.36. The SMILES string of the molecule is CCCCn1cc(C(=O)NCC2CCCCCC2)c2ccccc21. The van der Waals surface area contributed by atoms with Crippen molar-refractivity contribution >= 4 is 16.8 Å². The Bertz CT molecular complexity index is 666. The van der Waals surface area contributed by atoms with Crippen LogP contribution >= 0.6 is 0 Å². The summed E-state index contributed by atoms with van der Waals surface area (Å²) in [5.74, 6) is 0.746. The van der Waals surface area contributed by atoms with Crippen LogP contribution in [0.4, 0.5) is 0 Å². The van der Waals surface area contributed by atoms with Crippen molar-refractivity contribution in [2.75, 3.05) is 6.54 Å². The third-order valence-electron chi connectivity index (χ3n) is 5.31. The van der Waals surface area contributed by atoms with Gasteiger partial charge in [0.25, 0.3) is 5.91 Å². The topological polar surface area (TPSA) is 34.0 Å². The maximum atomic E-state index is 12.7. The summed E-state index contributed by atoms with van der Waals surface area (Å²) in [4.78, 5) is 12.7. The number of aromatic nitrogens is 1. The maximum Gasteiger partial charge on any atom is 0.253 e. The predicted molar refractivity (Wildman–Crippen MR) is 100 cm³/mol. The molecule has 0 aliphatic heterocycles. The quantitative estimate of drug-likeness (QED) is 0.733. The number of unbranched alkanes of at least 4 members (excludes halogenated alkanes) is 1. The fourth-order valence-corrected chi connectivity index (χ4v) is 3.84. The van der Waals surface area contributed by atoms with Gasteiger partial charge in [-0.2, -0.15) is 0 Å². The minimum absolute atomic E-state index is 0.0886. The third kappa shape index (κ3) is 4.00. The molecule has 0 atom stereocenters. The van der Waals surface area contributed by atoms with Crippen LogP contribution in [0.25, 0.3) is 10.9 Å². The van der Waals surface area contributed by atoms with E-state index < -0.39 is 0 Å². The van der Waals surface area contributed by atoms with Gasteiger partial charge in [0.1, 0.15) is 0 Å². The van der Waals surface area contributed by atoms with Gasteiger partial charge in [-0.1, -0.05) is 57.2 Å². The summed E-state index contributed by atoms with van der Waals surface area (Å²) in [6.07, 6.45) is 12.2. The predicted octanol–water partition coefficient (Wildman–Crippen LogP) is 5.14. The van der Waals surface area contributed by atoms with Gasteiger partial charge >= 0.3 is 0 Å². The second-order valence-electron chi connectivity index (χ2n) is 7.17. The lowest BCUT2D eigenvalue weighted by atomic mass is 10.0. The van der Waals surface area contributed by atoms with Crippen LogP contribution < -0.4 is 5.32 Å². The number of carbonyl (C=O) groups is 1. The number of fused-ring (bicyclic) bond motifs is 1. The van der Waals surface area contributed by atoms with Gasteiger partial charge in [-0.3, -0.25) is 4.79 Å². The van der Waals surface area contributed by atoms with E-state index in [1.807, 2.05) is 12.3 Å². The van der Waals surface area contributed by atoms with E-state index in [1.54, 1.807) is 0 Å². The number of amides is 1. The van der Waals surface area contributed by atoms with E-state index in [9.17, 15) is 4.79 Å². The van der Waals surface area contributed by atoms with E-state index >= 15 is 0 Å². The molecule has 130 valence electrons. The molecule has 1 N–H and O–H groups in total. The minimum Gasteiger partial charge on any atom is -0.352 e. The van der Waals surface area contributed by atoms with E-state index in [0.717, 1.165) is 36.9 Å². The van der Waals surface area contributed by atoms with E-state index in [2.05, 4.69) is 35.0 Å². The molecule has 1 aromatic carbocycles. The number of carbonyl (C=O) groups excluding carboxylic acids is 1. The standard InChI is InChI=1S/C21H30N2O/c1-2-3-14-23-16-19(18-12-8-9-13-20(18)23)21(24)22-15-17-10-6-4-5-7-11-17/h8-9,12-13,16-17H,2-7,10-11,14-15H2,1H3,(H,22,24). The zero-order chi connectivity index (χ0) is 16.8. The number of nitrogens with one attached hydrogen (secondary N) is 1. The summed E-state index contributed by atoms with van der Waals surface area (Å²) in [5, 5.41) is 4.28.